The van der Waals surface area contributed by atoms with Gasteiger partial charge in [-0.3, -0.25) is 14.9 Å². The lowest BCUT2D eigenvalue weighted by Gasteiger charge is -2.31. The summed E-state index contributed by atoms with van der Waals surface area (Å²) in [4.78, 5) is 23.6. The predicted octanol–water partition coefficient (Wildman–Crippen LogP) is 2.61. The van der Waals surface area contributed by atoms with Gasteiger partial charge in [-0.05, 0) is 30.9 Å². The average molecular weight is 266 g/mol. The third-order valence-corrected chi connectivity index (χ3v) is 3.34. The van der Waals surface area contributed by atoms with Crippen LogP contribution in [0.5, 0.6) is 0 Å². The van der Waals surface area contributed by atoms with Crippen LogP contribution in [0, 0.1) is 21.8 Å². The topological polar surface area (TPSA) is 63.5 Å². The Labute approximate surface area is 110 Å². The van der Waals surface area contributed by atoms with Crippen LogP contribution in [-0.4, -0.2) is 28.8 Å². The van der Waals surface area contributed by atoms with E-state index >= 15 is 0 Å². The highest BCUT2D eigenvalue weighted by atomic mass is 19.1. The zero-order valence-electron chi connectivity index (χ0n) is 10.6. The van der Waals surface area contributed by atoms with Gasteiger partial charge in [0, 0.05) is 24.7 Å². The van der Waals surface area contributed by atoms with Crippen molar-refractivity contribution in [3.8, 4) is 0 Å². The maximum atomic E-state index is 13.5. The van der Waals surface area contributed by atoms with Crippen LogP contribution in [0.1, 0.15) is 30.1 Å². The molecule has 19 heavy (non-hydrogen) atoms. The quantitative estimate of drug-likeness (QED) is 0.610. The predicted molar refractivity (Wildman–Crippen MR) is 67.4 cm³/mol. The highest BCUT2D eigenvalue weighted by molar-refractivity contribution is 5.94. The van der Waals surface area contributed by atoms with Gasteiger partial charge in [0.25, 0.3) is 5.91 Å². The lowest BCUT2D eigenvalue weighted by atomic mass is 9.99. The van der Waals surface area contributed by atoms with Gasteiger partial charge in [0.05, 0.1) is 4.92 Å². The van der Waals surface area contributed by atoms with Crippen LogP contribution in [-0.2, 0) is 0 Å². The molecule has 0 aromatic heterocycles. The van der Waals surface area contributed by atoms with Gasteiger partial charge in [0.1, 0.15) is 0 Å². The van der Waals surface area contributed by atoms with Crippen molar-refractivity contribution in [3.05, 3.63) is 39.7 Å². The smallest absolute Gasteiger partial charge is 0.304 e. The molecular weight excluding hydrogens is 251 g/mol. The molecule has 0 spiro atoms. The molecule has 1 aromatic carbocycles. The Kier molecular flexibility index (Phi) is 3.78. The van der Waals surface area contributed by atoms with Gasteiger partial charge >= 0.3 is 5.69 Å². The summed E-state index contributed by atoms with van der Waals surface area (Å²) in [6.07, 6.45) is 2.01. The molecule has 0 radical (unpaired) electrons. The number of hydrogen-bond acceptors (Lipinski definition) is 3. The van der Waals surface area contributed by atoms with Crippen molar-refractivity contribution >= 4 is 11.6 Å². The van der Waals surface area contributed by atoms with E-state index in [9.17, 15) is 19.3 Å². The number of piperidine rings is 1. The van der Waals surface area contributed by atoms with E-state index in [0.29, 0.717) is 19.0 Å². The molecule has 0 N–H and O–H groups in total. The summed E-state index contributed by atoms with van der Waals surface area (Å²) in [7, 11) is 0. The van der Waals surface area contributed by atoms with E-state index in [-0.39, 0.29) is 11.5 Å². The minimum absolute atomic E-state index is 0.164. The Morgan fingerprint density at radius 3 is 2.84 bits per heavy atom. The second-order valence-electron chi connectivity index (χ2n) is 4.92. The fourth-order valence-electron chi connectivity index (χ4n) is 2.34. The van der Waals surface area contributed by atoms with Crippen molar-refractivity contribution in [2.24, 2.45) is 5.92 Å². The molecule has 1 atom stereocenters. The number of rotatable bonds is 2. The molecule has 5 nitrogen and oxygen atoms in total. The number of nitro groups is 1. The summed E-state index contributed by atoms with van der Waals surface area (Å²) in [5.74, 6) is -0.804. The molecule has 1 aromatic rings. The standard InChI is InChI=1S/C13H15FN2O3/c1-9-3-2-6-15(8-9)13(17)10-4-5-12(16(18)19)11(14)7-10/h4-5,7,9H,2-3,6,8H2,1H3. The number of nitrogens with zero attached hydrogens (tertiary/aromatic N) is 2. The normalized spacial score (nSPS) is 19.3. The number of halogens is 1. The van der Waals surface area contributed by atoms with E-state index < -0.39 is 16.4 Å². The second-order valence-corrected chi connectivity index (χ2v) is 4.92. The van der Waals surface area contributed by atoms with Crippen LogP contribution in [0.3, 0.4) is 0 Å². The summed E-state index contributed by atoms with van der Waals surface area (Å²) in [6, 6.07) is 3.29. The lowest BCUT2D eigenvalue weighted by molar-refractivity contribution is -0.387. The third-order valence-electron chi connectivity index (χ3n) is 3.34. The van der Waals surface area contributed by atoms with Gasteiger partial charge in [0.2, 0.25) is 5.82 Å². The third kappa shape index (κ3) is 2.89. The minimum atomic E-state index is -0.971. The van der Waals surface area contributed by atoms with E-state index in [1.165, 1.54) is 6.07 Å². The Hall–Kier alpha value is -1.98. The lowest BCUT2D eigenvalue weighted by Crippen LogP contribution is -2.39. The van der Waals surface area contributed by atoms with E-state index in [1.54, 1.807) is 4.90 Å². The molecule has 1 aliphatic rings. The first kappa shape index (κ1) is 13.5. The number of nitro benzene ring substituents is 1. The highest BCUT2D eigenvalue weighted by Crippen LogP contribution is 2.21. The van der Waals surface area contributed by atoms with Crippen molar-refractivity contribution in [2.75, 3.05) is 13.1 Å². The first-order valence-electron chi connectivity index (χ1n) is 6.22. The summed E-state index contributed by atoms with van der Waals surface area (Å²) in [6.45, 7) is 3.37. The largest absolute Gasteiger partial charge is 0.338 e. The van der Waals surface area contributed by atoms with E-state index in [2.05, 4.69) is 6.92 Å². The highest BCUT2D eigenvalue weighted by Gasteiger charge is 2.24. The summed E-state index contributed by atoms with van der Waals surface area (Å²) < 4.78 is 13.5. The van der Waals surface area contributed by atoms with Crippen LogP contribution >= 0.6 is 0 Å². The van der Waals surface area contributed by atoms with Gasteiger partial charge in [0.15, 0.2) is 0 Å². The Balaban J connectivity index is 2.19. The Morgan fingerprint density at radius 1 is 1.53 bits per heavy atom. The number of carbonyl (C=O) groups is 1. The summed E-state index contributed by atoms with van der Waals surface area (Å²) in [5.41, 5.74) is -0.444. The SMILES string of the molecule is CC1CCCN(C(=O)c2ccc([N+](=O)[O-])c(F)c2)C1. The van der Waals surface area contributed by atoms with Gasteiger partial charge < -0.3 is 4.90 Å². The first-order chi connectivity index (χ1) is 8.99. The van der Waals surface area contributed by atoms with Crippen molar-refractivity contribution in [1.29, 1.82) is 0 Å². The number of hydrogen-bond donors (Lipinski definition) is 0. The number of likely N-dealkylation sites (tertiary alicyclic amines) is 1. The molecule has 102 valence electrons. The van der Waals surface area contributed by atoms with Crippen LogP contribution < -0.4 is 0 Å². The molecule has 0 aliphatic carbocycles. The first-order valence-corrected chi connectivity index (χ1v) is 6.22. The van der Waals surface area contributed by atoms with Gasteiger partial charge in [-0.1, -0.05) is 6.92 Å². The molecule has 0 saturated carbocycles. The molecule has 1 fully saturated rings. The molecule has 1 heterocycles. The average Bonchev–Trinajstić information content (AvgIpc) is 2.37. The molecular formula is C13H15FN2O3. The monoisotopic (exact) mass is 266 g/mol. The summed E-state index contributed by atoms with van der Waals surface area (Å²) in [5, 5.41) is 10.5. The second kappa shape index (κ2) is 5.34. The number of carbonyl (C=O) groups excluding carboxylic acids is 1. The van der Waals surface area contributed by atoms with Crippen LogP contribution in [0.15, 0.2) is 18.2 Å². The van der Waals surface area contributed by atoms with Crippen molar-refractivity contribution in [2.45, 2.75) is 19.8 Å². The van der Waals surface area contributed by atoms with Crippen LogP contribution in [0.2, 0.25) is 0 Å². The Bertz CT molecular complexity index is 519. The van der Waals surface area contributed by atoms with Crippen LogP contribution in [0.4, 0.5) is 10.1 Å². The van der Waals surface area contributed by atoms with Crippen molar-refractivity contribution in [3.63, 3.8) is 0 Å². The maximum Gasteiger partial charge on any atom is 0.304 e. The zero-order valence-corrected chi connectivity index (χ0v) is 10.6. The van der Waals surface area contributed by atoms with Crippen molar-refractivity contribution in [1.82, 2.24) is 4.90 Å². The van der Waals surface area contributed by atoms with Gasteiger partial charge in [-0.25, -0.2) is 0 Å². The van der Waals surface area contributed by atoms with E-state index in [1.807, 2.05) is 0 Å². The minimum Gasteiger partial charge on any atom is -0.338 e. The van der Waals surface area contributed by atoms with E-state index in [0.717, 1.165) is 25.0 Å². The fourth-order valence-corrected chi connectivity index (χ4v) is 2.34. The van der Waals surface area contributed by atoms with Crippen molar-refractivity contribution < 1.29 is 14.1 Å². The molecule has 2 rings (SSSR count). The number of benzene rings is 1. The van der Waals surface area contributed by atoms with Gasteiger partial charge in [-0.2, -0.15) is 4.39 Å². The number of amides is 1. The van der Waals surface area contributed by atoms with Crippen LogP contribution in [0.25, 0.3) is 0 Å². The molecule has 0 bridgehead atoms. The molecule has 1 aliphatic heterocycles. The molecule has 1 saturated heterocycles. The van der Waals surface area contributed by atoms with Gasteiger partial charge in [-0.15, -0.1) is 0 Å². The zero-order chi connectivity index (χ0) is 14.0. The summed E-state index contributed by atoms with van der Waals surface area (Å²) >= 11 is 0. The fraction of sp³-hybridized carbons (Fsp3) is 0.462. The molecule has 1 unspecified atom stereocenters. The maximum absolute atomic E-state index is 13.5. The molecule has 1 amide bonds. The van der Waals surface area contributed by atoms with E-state index in [4.69, 9.17) is 0 Å². The Morgan fingerprint density at radius 2 is 2.26 bits per heavy atom. The molecule has 6 heteroatoms.